The molecule has 0 amide bonds. The van der Waals surface area contributed by atoms with Gasteiger partial charge < -0.3 is 10.5 Å². The van der Waals surface area contributed by atoms with Crippen LogP contribution in [0.15, 0.2) is 16.6 Å². The molecule has 1 aromatic carbocycles. The van der Waals surface area contributed by atoms with E-state index >= 15 is 0 Å². The number of benzene rings is 1. The molecule has 0 spiro atoms. The van der Waals surface area contributed by atoms with Crippen LogP contribution in [-0.2, 0) is 6.42 Å². The summed E-state index contributed by atoms with van der Waals surface area (Å²) in [6.07, 6.45) is 0.837. The molecule has 1 rings (SSSR count). The molecule has 0 aliphatic heterocycles. The molecule has 2 N–H and O–H groups in total. The maximum Gasteiger partial charge on any atom is 0.125 e. The Balaban J connectivity index is 3.11. The van der Waals surface area contributed by atoms with E-state index in [0.717, 1.165) is 27.8 Å². The zero-order chi connectivity index (χ0) is 10.7. The number of halogens is 1. The predicted molar refractivity (Wildman–Crippen MR) is 62.8 cm³/mol. The number of hydrogen-bond donors (Lipinski definition) is 1. The molecule has 1 aromatic rings. The number of nitrogens with two attached hydrogens (primary N) is 1. The lowest BCUT2D eigenvalue weighted by atomic mass is 10.0. The van der Waals surface area contributed by atoms with E-state index < -0.39 is 0 Å². The summed E-state index contributed by atoms with van der Waals surface area (Å²) in [4.78, 5) is 0. The van der Waals surface area contributed by atoms with E-state index in [1.165, 1.54) is 0 Å². The number of methoxy groups -OCH3 is 1. The van der Waals surface area contributed by atoms with Crippen LogP contribution in [0, 0.1) is 6.92 Å². The van der Waals surface area contributed by atoms with Gasteiger partial charge in [-0.05, 0) is 43.5 Å². The molecule has 0 saturated heterocycles. The van der Waals surface area contributed by atoms with Crippen molar-refractivity contribution in [1.29, 1.82) is 0 Å². The number of ether oxygens (including phenoxy) is 1. The molecule has 2 nitrogen and oxygen atoms in total. The molecule has 3 heteroatoms. The van der Waals surface area contributed by atoms with Crippen LogP contribution >= 0.6 is 15.9 Å². The zero-order valence-electron chi connectivity index (χ0n) is 8.80. The molecule has 0 saturated carbocycles. The second-order valence-electron chi connectivity index (χ2n) is 3.60. The van der Waals surface area contributed by atoms with Crippen LogP contribution in [-0.4, -0.2) is 13.2 Å². The lowest BCUT2D eigenvalue weighted by Crippen LogP contribution is -2.18. The van der Waals surface area contributed by atoms with Crippen LogP contribution in [0.3, 0.4) is 0 Å². The smallest absolute Gasteiger partial charge is 0.125 e. The first-order valence-electron chi connectivity index (χ1n) is 4.63. The molecule has 0 bridgehead atoms. The van der Waals surface area contributed by atoms with E-state index in [-0.39, 0.29) is 6.04 Å². The Labute approximate surface area is 93.6 Å². The Morgan fingerprint density at radius 3 is 2.64 bits per heavy atom. The van der Waals surface area contributed by atoms with Gasteiger partial charge in [0.1, 0.15) is 5.75 Å². The molecule has 1 atom stereocenters. The highest BCUT2D eigenvalue weighted by atomic mass is 79.9. The van der Waals surface area contributed by atoms with Crippen molar-refractivity contribution in [2.45, 2.75) is 26.3 Å². The van der Waals surface area contributed by atoms with E-state index in [4.69, 9.17) is 10.5 Å². The molecule has 1 unspecified atom stereocenters. The summed E-state index contributed by atoms with van der Waals surface area (Å²) < 4.78 is 6.43. The first-order valence-corrected chi connectivity index (χ1v) is 5.42. The average molecular weight is 258 g/mol. The van der Waals surface area contributed by atoms with Crippen molar-refractivity contribution in [3.63, 3.8) is 0 Å². The van der Waals surface area contributed by atoms with Gasteiger partial charge in [0.2, 0.25) is 0 Å². The number of rotatable bonds is 3. The normalized spacial score (nSPS) is 12.6. The van der Waals surface area contributed by atoms with Gasteiger partial charge in [0.15, 0.2) is 0 Å². The third-order valence-corrected chi connectivity index (χ3v) is 2.52. The second-order valence-corrected chi connectivity index (χ2v) is 4.51. The summed E-state index contributed by atoms with van der Waals surface area (Å²) >= 11 is 3.47. The molecule has 0 aromatic heterocycles. The maximum absolute atomic E-state index is 5.78. The van der Waals surface area contributed by atoms with Crippen molar-refractivity contribution >= 4 is 15.9 Å². The molecule has 14 heavy (non-hydrogen) atoms. The Hall–Kier alpha value is -0.540. The predicted octanol–water partition coefficient (Wildman–Crippen LogP) is 2.66. The van der Waals surface area contributed by atoms with Crippen LogP contribution in [0.25, 0.3) is 0 Å². The summed E-state index contributed by atoms with van der Waals surface area (Å²) in [5, 5.41) is 0. The van der Waals surface area contributed by atoms with Crippen molar-refractivity contribution in [1.82, 2.24) is 0 Å². The van der Waals surface area contributed by atoms with Gasteiger partial charge in [-0.3, -0.25) is 0 Å². The molecule has 0 radical (unpaired) electrons. The highest BCUT2D eigenvalue weighted by Crippen LogP contribution is 2.28. The van der Waals surface area contributed by atoms with E-state index in [9.17, 15) is 0 Å². The zero-order valence-corrected chi connectivity index (χ0v) is 10.4. The van der Waals surface area contributed by atoms with Crippen LogP contribution < -0.4 is 10.5 Å². The van der Waals surface area contributed by atoms with Crippen LogP contribution in [0.4, 0.5) is 0 Å². The third kappa shape index (κ3) is 2.72. The SMILES string of the molecule is COc1c(C)cc(Br)cc1CC(C)N. The highest BCUT2D eigenvalue weighted by Gasteiger charge is 2.09. The Kier molecular flexibility index (Phi) is 3.96. The van der Waals surface area contributed by atoms with Crippen molar-refractivity contribution in [3.8, 4) is 5.75 Å². The monoisotopic (exact) mass is 257 g/mol. The van der Waals surface area contributed by atoms with Gasteiger partial charge in [-0.2, -0.15) is 0 Å². The quantitative estimate of drug-likeness (QED) is 0.904. The summed E-state index contributed by atoms with van der Waals surface area (Å²) in [5.74, 6) is 0.950. The van der Waals surface area contributed by atoms with E-state index in [1.54, 1.807) is 7.11 Å². The average Bonchev–Trinajstić information content (AvgIpc) is 2.01. The van der Waals surface area contributed by atoms with E-state index in [2.05, 4.69) is 22.0 Å². The topological polar surface area (TPSA) is 35.2 Å². The lowest BCUT2D eigenvalue weighted by molar-refractivity contribution is 0.405. The minimum absolute atomic E-state index is 0.151. The van der Waals surface area contributed by atoms with Gasteiger partial charge in [-0.25, -0.2) is 0 Å². The lowest BCUT2D eigenvalue weighted by Gasteiger charge is -2.13. The number of hydrogen-bond acceptors (Lipinski definition) is 2. The van der Waals surface area contributed by atoms with E-state index in [0.29, 0.717) is 0 Å². The minimum Gasteiger partial charge on any atom is -0.496 e. The first-order chi connectivity index (χ1) is 6.54. The van der Waals surface area contributed by atoms with Gasteiger partial charge >= 0.3 is 0 Å². The fourth-order valence-corrected chi connectivity index (χ4v) is 2.21. The third-order valence-electron chi connectivity index (χ3n) is 2.06. The fraction of sp³-hybridized carbons (Fsp3) is 0.455. The molecular weight excluding hydrogens is 242 g/mol. The van der Waals surface area contributed by atoms with Gasteiger partial charge in [0, 0.05) is 10.5 Å². The Bertz CT molecular complexity index is 323. The molecular formula is C11H16BrNO. The minimum atomic E-state index is 0.151. The fourth-order valence-electron chi connectivity index (χ4n) is 1.59. The molecule has 0 heterocycles. The summed E-state index contributed by atoms with van der Waals surface area (Å²) in [6, 6.07) is 4.26. The van der Waals surface area contributed by atoms with Crippen molar-refractivity contribution < 1.29 is 4.74 Å². The largest absolute Gasteiger partial charge is 0.496 e. The van der Waals surface area contributed by atoms with Crippen LogP contribution in [0.2, 0.25) is 0 Å². The summed E-state index contributed by atoms with van der Waals surface area (Å²) in [7, 11) is 1.70. The first kappa shape index (κ1) is 11.5. The van der Waals surface area contributed by atoms with Gasteiger partial charge in [-0.1, -0.05) is 15.9 Å². The van der Waals surface area contributed by atoms with Gasteiger partial charge in [0.05, 0.1) is 7.11 Å². The Morgan fingerprint density at radius 1 is 1.50 bits per heavy atom. The number of aryl methyl sites for hydroxylation is 1. The summed E-state index contributed by atoms with van der Waals surface area (Å²) in [6.45, 7) is 4.03. The molecule has 0 fully saturated rings. The van der Waals surface area contributed by atoms with Crippen LogP contribution in [0.5, 0.6) is 5.75 Å². The molecule has 0 aliphatic rings. The van der Waals surface area contributed by atoms with Crippen LogP contribution in [0.1, 0.15) is 18.1 Å². The van der Waals surface area contributed by atoms with E-state index in [1.807, 2.05) is 19.9 Å². The van der Waals surface area contributed by atoms with Gasteiger partial charge in [-0.15, -0.1) is 0 Å². The van der Waals surface area contributed by atoms with Crippen molar-refractivity contribution in [3.05, 3.63) is 27.7 Å². The molecule has 78 valence electrons. The Morgan fingerprint density at radius 2 is 2.14 bits per heavy atom. The molecule has 0 aliphatic carbocycles. The summed E-state index contributed by atoms with van der Waals surface area (Å²) in [5.41, 5.74) is 8.08. The van der Waals surface area contributed by atoms with Gasteiger partial charge in [0.25, 0.3) is 0 Å². The standard InChI is InChI=1S/C11H16BrNO/c1-7-4-10(12)6-9(5-8(2)13)11(7)14-3/h4,6,8H,5,13H2,1-3H3. The maximum atomic E-state index is 5.78. The van der Waals surface area contributed by atoms with Crippen molar-refractivity contribution in [2.75, 3.05) is 7.11 Å². The second kappa shape index (κ2) is 4.80. The highest BCUT2D eigenvalue weighted by molar-refractivity contribution is 9.10. The van der Waals surface area contributed by atoms with Crippen molar-refractivity contribution in [2.24, 2.45) is 5.73 Å².